The number of rotatable bonds is 4. The van der Waals surface area contributed by atoms with E-state index in [4.69, 9.17) is 0 Å². The van der Waals surface area contributed by atoms with Crippen molar-refractivity contribution in [1.82, 2.24) is 0 Å². The molecule has 0 radical (unpaired) electrons. The van der Waals surface area contributed by atoms with Crippen LogP contribution in [-0.2, 0) is 16.2 Å². The van der Waals surface area contributed by atoms with Crippen LogP contribution >= 0.6 is 0 Å². The summed E-state index contributed by atoms with van der Waals surface area (Å²) >= 11 is 0. The van der Waals surface area contributed by atoms with E-state index in [2.05, 4.69) is 148 Å². The summed E-state index contributed by atoms with van der Waals surface area (Å²) in [5.41, 5.74) is 16.9. The quantitative estimate of drug-likeness (QED) is 0.189. The second-order valence-electron chi connectivity index (χ2n) is 18.0. The Bertz CT molecular complexity index is 2170. The Hall–Kier alpha value is -4.10. The molecule has 6 aliphatic rings. The van der Waals surface area contributed by atoms with Crippen molar-refractivity contribution in [1.29, 1.82) is 0 Å². The summed E-state index contributed by atoms with van der Waals surface area (Å²) < 4.78 is 0. The number of nitrogens with zero attached hydrogens (tertiary/aromatic N) is 1. The normalized spacial score (nSPS) is 31.3. The lowest BCUT2D eigenvalue weighted by Crippen LogP contribution is -2.73. The lowest BCUT2D eigenvalue weighted by atomic mass is 9.27. The van der Waals surface area contributed by atoms with Crippen LogP contribution in [0, 0.1) is 29.1 Å². The molecule has 2 spiro atoms. The van der Waals surface area contributed by atoms with Gasteiger partial charge in [-0.15, -0.1) is 0 Å². The minimum Gasteiger partial charge on any atom is -0.310 e. The average molecular weight is 638 g/mol. The van der Waals surface area contributed by atoms with Crippen LogP contribution in [0.25, 0.3) is 22.3 Å². The van der Waals surface area contributed by atoms with Gasteiger partial charge in [0.2, 0.25) is 0 Å². The van der Waals surface area contributed by atoms with Crippen LogP contribution < -0.4 is 4.90 Å². The van der Waals surface area contributed by atoms with Gasteiger partial charge in [-0.05, 0) is 142 Å². The highest BCUT2D eigenvalue weighted by Gasteiger charge is 2.84. The van der Waals surface area contributed by atoms with E-state index < -0.39 is 0 Å². The zero-order chi connectivity index (χ0) is 32.9. The standard InChI is InChI=1S/C48H47N/c1-45(2)24-25-46(3,4)44-37(45)20-13-21-39(44)49(33-16-9-6-10-17-33)38-23-22-36-43(42(38)31-14-7-5-8-15-31)34-18-11-12-19-35(34)48(36)40-27-30-26-32-28-41(48)47(32,40)29-30/h5-23,30,32,40-41H,24-29H2,1-4H3. The maximum Gasteiger partial charge on any atom is 0.0546 e. The fourth-order valence-corrected chi connectivity index (χ4v) is 13.4. The fraction of sp³-hybridized carbons (Fsp3) is 0.375. The molecule has 1 heteroatoms. The highest BCUT2D eigenvalue weighted by Crippen LogP contribution is 2.90. The summed E-state index contributed by atoms with van der Waals surface area (Å²) in [6, 6.07) is 44.5. The summed E-state index contributed by atoms with van der Waals surface area (Å²) in [5.74, 6) is 3.54. The third kappa shape index (κ3) is 3.34. The Labute approximate surface area is 292 Å². The van der Waals surface area contributed by atoms with Crippen molar-refractivity contribution in [3.8, 4) is 22.3 Å². The maximum atomic E-state index is 2.64. The SMILES string of the molecule is CC1(C)CCC(C)(C)c2c(N(c3ccccc3)c3ccc4c(c3-c3ccccc3)-c3ccccc3C43C4CC5CC6CC3C64C5)cccc21. The van der Waals surface area contributed by atoms with Gasteiger partial charge in [-0.2, -0.15) is 0 Å². The molecule has 0 N–H and O–H groups in total. The molecule has 6 atom stereocenters. The molecule has 244 valence electrons. The largest absolute Gasteiger partial charge is 0.310 e. The summed E-state index contributed by atoms with van der Waals surface area (Å²) in [5, 5.41) is 0. The molecule has 49 heavy (non-hydrogen) atoms. The van der Waals surface area contributed by atoms with Gasteiger partial charge in [0.15, 0.2) is 0 Å². The molecule has 0 aromatic heterocycles. The van der Waals surface area contributed by atoms with Crippen molar-refractivity contribution in [2.75, 3.05) is 4.90 Å². The number of hydrogen-bond donors (Lipinski definition) is 0. The molecule has 6 unspecified atom stereocenters. The Morgan fingerprint density at radius 3 is 2.04 bits per heavy atom. The van der Waals surface area contributed by atoms with Crippen LogP contribution in [0.3, 0.4) is 0 Å². The first-order valence-corrected chi connectivity index (χ1v) is 19.1. The van der Waals surface area contributed by atoms with Crippen LogP contribution in [-0.4, -0.2) is 0 Å². The number of para-hydroxylation sites is 1. The van der Waals surface area contributed by atoms with Crippen molar-refractivity contribution in [3.05, 3.63) is 138 Å². The molecular weight excluding hydrogens is 591 g/mol. The Morgan fingerprint density at radius 2 is 1.24 bits per heavy atom. The monoisotopic (exact) mass is 637 g/mol. The molecule has 4 fully saturated rings. The van der Waals surface area contributed by atoms with Crippen LogP contribution in [0.15, 0.2) is 115 Å². The zero-order valence-corrected chi connectivity index (χ0v) is 29.5. The van der Waals surface area contributed by atoms with Gasteiger partial charge in [-0.3, -0.25) is 0 Å². The summed E-state index contributed by atoms with van der Waals surface area (Å²) in [4.78, 5) is 2.64. The van der Waals surface area contributed by atoms with Crippen molar-refractivity contribution in [3.63, 3.8) is 0 Å². The highest BCUT2D eigenvalue weighted by molar-refractivity contribution is 6.02. The fourth-order valence-electron chi connectivity index (χ4n) is 13.4. The van der Waals surface area contributed by atoms with Gasteiger partial charge < -0.3 is 4.90 Å². The third-order valence-corrected chi connectivity index (χ3v) is 15.2. The average Bonchev–Trinajstić information content (AvgIpc) is 3.75. The Balaban J connectivity index is 1.23. The second kappa shape index (κ2) is 9.36. The molecule has 1 nitrogen and oxygen atoms in total. The maximum absolute atomic E-state index is 2.64. The lowest BCUT2D eigenvalue weighted by Gasteiger charge is -2.76. The van der Waals surface area contributed by atoms with E-state index in [1.54, 1.807) is 11.1 Å². The van der Waals surface area contributed by atoms with Crippen LogP contribution in [0.4, 0.5) is 17.1 Å². The van der Waals surface area contributed by atoms with E-state index in [0.717, 1.165) is 23.7 Å². The van der Waals surface area contributed by atoms with Gasteiger partial charge in [0.05, 0.1) is 11.4 Å². The summed E-state index contributed by atoms with van der Waals surface area (Å²) in [6.07, 6.45) is 8.26. The molecule has 2 bridgehead atoms. The van der Waals surface area contributed by atoms with E-state index in [1.165, 1.54) is 89.0 Å². The topological polar surface area (TPSA) is 3.24 Å². The highest BCUT2D eigenvalue weighted by atomic mass is 15.1. The van der Waals surface area contributed by atoms with Crippen molar-refractivity contribution >= 4 is 17.1 Å². The first-order chi connectivity index (χ1) is 23.8. The molecule has 6 aliphatic carbocycles. The molecule has 5 aromatic carbocycles. The van der Waals surface area contributed by atoms with Gasteiger partial charge in [0.25, 0.3) is 0 Å². The van der Waals surface area contributed by atoms with Crippen molar-refractivity contribution in [2.45, 2.75) is 82.5 Å². The summed E-state index contributed by atoms with van der Waals surface area (Å²) in [7, 11) is 0. The molecule has 4 saturated carbocycles. The minimum absolute atomic E-state index is 0.0670. The van der Waals surface area contributed by atoms with Gasteiger partial charge in [0, 0.05) is 16.7 Å². The molecule has 0 saturated heterocycles. The summed E-state index contributed by atoms with van der Waals surface area (Å²) in [6.45, 7) is 9.85. The third-order valence-electron chi connectivity index (χ3n) is 15.2. The molecule has 0 heterocycles. The number of benzene rings is 5. The van der Waals surface area contributed by atoms with E-state index in [0.29, 0.717) is 5.41 Å². The molecule has 5 aromatic rings. The predicted octanol–water partition coefficient (Wildman–Crippen LogP) is 12.5. The van der Waals surface area contributed by atoms with Gasteiger partial charge in [-0.25, -0.2) is 0 Å². The smallest absolute Gasteiger partial charge is 0.0546 e. The van der Waals surface area contributed by atoms with Crippen LogP contribution in [0.2, 0.25) is 0 Å². The Morgan fingerprint density at radius 1 is 0.551 bits per heavy atom. The predicted molar refractivity (Wildman–Crippen MR) is 203 cm³/mol. The second-order valence-corrected chi connectivity index (χ2v) is 18.0. The molecule has 0 aliphatic heterocycles. The van der Waals surface area contributed by atoms with Gasteiger partial charge in [-0.1, -0.05) is 119 Å². The molecule has 0 amide bonds. The van der Waals surface area contributed by atoms with Crippen LogP contribution in [0.5, 0.6) is 0 Å². The number of hydrogen-bond acceptors (Lipinski definition) is 1. The number of fused-ring (bicyclic) bond motifs is 9. The van der Waals surface area contributed by atoms with E-state index in [1.807, 2.05) is 0 Å². The van der Waals surface area contributed by atoms with Crippen molar-refractivity contribution in [2.24, 2.45) is 29.1 Å². The Kier molecular flexibility index (Phi) is 5.49. The first kappa shape index (κ1) is 28.7. The first-order valence-electron chi connectivity index (χ1n) is 19.1. The lowest BCUT2D eigenvalue weighted by molar-refractivity contribution is -0.231. The number of anilines is 3. The van der Waals surface area contributed by atoms with E-state index in [-0.39, 0.29) is 16.2 Å². The van der Waals surface area contributed by atoms with Gasteiger partial charge in [0.1, 0.15) is 0 Å². The van der Waals surface area contributed by atoms with E-state index >= 15 is 0 Å². The minimum atomic E-state index is 0.0670. The van der Waals surface area contributed by atoms with Crippen molar-refractivity contribution < 1.29 is 0 Å². The van der Waals surface area contributed by atoms with Gasteiger partial charge >= 0.3 is 0 Å². The molecule has 11 rings (SSSR count). The molecular formula is C48H47N. The zero-order valence-electron chi connectivity index (χ0n) is 29.5. The van der Waals surface area contributed by atoms with E-state index in [9.17, 15) is 0 Å². The van der Waals surface area contributed by atoms with Crippen LogP contribution in [0.1, 0.15) is 88.5 Å².